The first kappa shape index (κ1) is 15.0. The molecular weight excluding hydrogens is 294 g/mol. The van der Waals surface area contributed by atoms with Crippen LogP contribution in [0.25, 0.3) is 11.3 Å². The minimum atomic E-state index is 0.894. The van der Waals surface area contributed by atoms with Gasteiger partial charge in [0.05, 0.1) is 11.4 Å². The fraction of sp³-hybridized carbons (Fsp3) is 0.238. The summed E-state index contributed by atoms with van der Waals surface area (Å²) in [6.45, 7) is 5.03. The molecule has 1 aliphatic rings. The van der Waals surface area contributed by atoms with Crippen LogP contribution < -0.4 is 0 Å². The van der Waals surface area contributed by atoms with Crippen molar-refractivity contribution in [2.75, 3.05) is 6.54 Å². The van der Waals surface area contributed by atoms with E-state index in [1.165, 1.54) is 27.9 Å². The fourth-order valence-corrected chi connectivity index (χ4v) is 3.35. The molecule has 4 rings (SSSR count). The summed E-state index contributed by atoms with van der Waals surface area (Å²) in [5.41, 5.74) is 7.40. The van der Waals surface area contributed by atoms with E-state index in [-0.39, 0.29) is 0 Å². The predicted molar refractivity (Wildman–Crippen MR) is 96.5 cm³/mol. The molecular formula is C21H21N3. The van der Waals surface area contributed by atoms with E-state index in [1.807, 2.05) is 0 Å². The number of aromatic nitrogens is 2. The first-order chi connectivity index (χ1) is 11.8. The third-order valence-corrected chi connectivity index (χ3v) is 4.66. The lowest BCUT2D eigenvalue weighted by molar-refractivity contribution is 0.241. The fourth-order valence-electron chi connectivity index (χ4n) is 3.35. The highest BCUT2D eigenvalue weighted by Gasteiger charge is 2.21. The van der Waals surface area contributed by atoms with Crippen LogP contribution in [0.15, 0.2) is 60.9 Å². The SMILES string of the molecule is Cc1ccc(-c2ncnc3c2CCN(Cc2ccccc2)C3)cc1. The van der Waals surface area contributed by atoms with E-state index in [0.29, 0.717) is 0 Å². The number of hydrogen-bond donors (Lipinski definition) is 0. The second-order valence-electron chi connectivity index (χ2n) is 6.46. The molecule has 0 saturated heterocycles. The van der Waals surface area contributed by atoms with Crippen molar-refractivity contribution in [3.05, 3.63) is 83.3 Å². The van der Waals surface area contributed by atoms with Gasteiger partial charge in [-0.3, -0.25) is 4.90 Å². The maximum Gasteiger partial charge on any atom is 0.116 e. The predicted octanol–water partition coefficient (Wildman–Crippen LogP) is 4.01. The Hall–Kier alpha value is -2.52. The molecule has 2 heterocycles. The normalized spacial score (nSPS) is 14.4. The minimum absolute atomic E-state index is 0.894. The summed E-state index contributed by atoms with van der Waals surface area (Å²) in [4.78, 5) is 11.6. The average molecular weight is 315 g/mol. The lowest BCUT2D eigenvalue weighted by Crippen LogP contribution is -2.31. The lowest BCUT2D eigenvalue weighted by Gasteiger charge is -2.28. The Morgan fingerprint density at radius 2 is 1.75 bits per heavy atom. The highest BCUT2D eigenvalue weighted by molar-refractivity contribution is 5.64. The zero-order chi connectivity index (χ0) is 16.4. The van der Waals surface area contributed by atoms with Crippen molar-refractivity contribution in [3.8, 4) is 11.3 Å². The molecule has 120 valence electrons. The molecule has 1 aromatic heterocycles. The van der Waals surface area contributed by atoms with Gasteiger partial charge in [0.2, 0.25) is 0 Å². The van der Waals surface area contributed by atoms with Crippen LogP contribution in [0.5, 0.6) is 0 Å². The number of rotatable bonds is 3. The summed E-state index contributed by atoms with van der Waals surface area (Å²) in [6.07, 6.45) is 2.71. The molecule has 0 bridgehead atoms. The van der Waals surface area contributed by atoms with Gasteiger partial charge in [0, 0.05) is 30.8 Å². The molecule has 0 fully saturated rings. The van der Waals surface area contributed by atoms with Gasteiger partial charge in [0.15, 0.2) is 0 Å². The van der Waals surface area contributed by atoms with Gasteiger partial charge in [-0.1, -0.05) is 60.2 Å². The molecule has 0 N–H and O–H groups in total. The maximum atomic E-state index is 4.57. The lowest BCUT2D eigenvalue weighted by atomic mass is 9.97. The third kappa shape index (κ3) is 3.08. The standard InChI is InChI=1S/C21H21N3/c1-16-7-9-18(10-8-16)21-19-11-12-24(14-20(19)22-15-23-21)13-17-5-3-2-4-6-17/h2-10,15H,11-14H2,1H3. The van der Waals surface area contributed by atoms with E-state index < -0.39 is 0 Å². The molecule has 3 heteroatoms. The van der Waals surface area contributed by atoms with Crippen LogP contribution in [0, 0.1) is 6.92 Å². The smallest absolute Gasteiger partial charge is 0.116 e. The summed E-state index contributed by atoms with van der Waals surface area (Å²) in [5.74, 6) is 0. The van der Waals surface area contributed by atoms with Crippen LogP contribution in [-0.2, 0) is 19.5 Å². The van der Waals surface area contributed by atoms with Gasteiger partial charge in [0.1, 0.15) is 6.33 Å². The average Bonchev–Trinajstić information content (AvgIpc) is 2.63. The highest BCUT2D eigenvalue weighted by Crippen LogP contribution is 2.27. The van der Waals surface area contributed by atoms with Crippen molar-refractivity contribution in [1.82, 2.24) is 14.9 Å². The zero-order valence-electron chi connectivity index (χ0n) is 13.9. The summed E-state index contributed by atoms with van der Waals surface area (Å²) in [6, 6.07) is 19.3. The van der Waals surface area contributed by atoms with Crippen molar-refractivity contribution in [1.29, 1.82) is 0 Å². The summed E-state index contributed by atoms with van der Waals surface area (Å²) < 4.78 is 0. The number of aryl methyl sites for hydroxylation is 1. The van der Waals surface area contributed by atoms with Crippen LogP contribution in [-0.4, -0.2) is 21.4 Å². The molecule has 0 amide bonds. The van der Waals surface area contributed by atoms with Crippen molar-refractivity contribution in [2.45, 2.75) is 26.4 Å². The summed E-state index contributed by atoms with van der Waals surface area (Å²) in [7, 11) is 0. The first-order valence-corrected chi connectivity index (χ1v) is 8.46. The van der Waals surface area contributed by atoms with Crippen LogP contribution in [0.1, 0.15) is 22.4 Å². The minimum Gasteiger partial charge on any atom is -0.293 e. The molecule has 3 nitrogen and oxygen atoms in total. The molecule has 3 aromatic rings. The molecule has 0 radical (unpaired) electrons. The van der Waals surface area contributed by atoms with Gasteiger partial charge in [-0.25, -0.2) is 9.97 Å². The Bertz CT molecular complexity index is 825. The monoisotopic (exact) mass is 315 g/mol. The first-order valence-electron chi connectivity index (χ1n) is 8.46. The molecule has 2 aromatic carbocycles. The van der Waals surface area contributed by atoms with E-state index in [1.54, 1.807) is 6.33 Å². The van der Waals surface area contributed by atoms with Crippen molar-refractivity contribution >= 4 is 0 Å². The largest absolute Gasteiger partial charge is 0.293 e. The van der Waals surface area contributed by atoms with Crippen LogP contribution in [0.3, 0.4) is 0 Å². The highest BCUT2D eigenvalue weighted by atomic mass is 15.1. The summed E-state index contributed by atoms with van der Waals surface area (Å²) >= 11 is 0. The number of fused-ring (bicyclic) bond motifs is 1. The van der Waals surface area contributed by atoms with Crippen LogP contribution in [0.2, 0.25) is 0 Å². The van der Waals surface area contributed by atoms with Crippen LogP contribution >= 0.6 is 0 Å². The van der Waals surface area contributed by atoms with Gasteiger partial charge >= 0.3 is 0 Å². The Kier molecular flexibility index (Phi) is 4.09. The Morgan fingerprint density at radius 1 is 0.958 bits per heavy atom. The molecule has 1 aliphatic heterocycles. The molecule has 0 aliphatic carbocycles. The van der Waals surface area contributed by atoms with E-state index in [9.17, 15) is 0 Å². The van der Waals surface area contributed by atoms with Gasteiger partial charge in [-0.05, 0) is 18.9 Å². The second-order valence-corrected chi connectivity index (χ2v) is 6.46. The Labute approximate surface area is 143 Å². The quantitative estimate of drug-likeness (QED) is 0.731. The molecule has 0 saturated carbocycles. The molecule has 24 heavy (non-hydrogen) atoms. The van der Waals surface area contributed by atoms with Crippen molar-refractivity contribution < 1.29 is 0 Å². The number of benzene rings is 2. The Balaban J connectivity index is 1.59. The maximum absolute atomic E-state index is 4.57. The molecule has 0 unspecified atom stereocenters. The molecule has 0 atom stereocenters. The zero-order valence-corrected chi connectivity index (χ0v) is 13.9. The number of hydrogen-bond acceptors (Lipinski definition) is 3. The third-order valence-electron chi connectivity index (χ3n) is 4.66. The van der Waals surface area contributed by atoms with Gasteiger partial charge in [-0.2, -0.15) is 0 Å². The van der Waals surface area contributed by atoms with Crippen molar-refractivity contribution in [3.63, 3.8) is 0 Å². The number of nitrogens with zero attached hydrogens (tertiary/aromatic N) is 3. The topological polar surface area (TPSA) is 29.0 Å². The second kappa shape index (κ2) is 6.54. The molecule has 0 spiro atoms. The van der Waals surface area contributed by atoms with Gasteiger partial charge < -0.3 is 0 Å². The van der Waals surface area contributed by atoms with Crippen LogP contribution in [0.4, 0.5) is 0 Å². The van der Waals surface area contributed by atoms with Gasteiger partial charge in [0.25, 0.3) is 0 Å². The Morgan fingerprint density at radius 3 is 2.54 bits per heavy atom. The van der Waals surface area contributed by atoms with Crippen molar-refractivity contribution in [2.24, 2.45) is 0 Å². The van der Waals surface area contributed by atoms with E-state index in [0.717, 1.165) is 31.7 Å². The van der Waals surface area contributed by atoms with Gasteiger partial charge in [-0.15, -0.1) is 0 Å². The van der Waals surface area contributed by atoms with E-state index in [4.69, 9.17) is 0 Å². The summed E-state index contributed by atoms with van der Waals surface area (Å²) in [5, 5.41) is 0. The van der Waals surface area contributed by atoms with E-state index >= 15 is 0 Å². The van der Waals surface area contributed by atoms with E-state index in [2.05, 4.69) is 76.4 Å².